The van der Waals surface area contributed by atoms with Crippen molar-refractivity contribution in [1.82, 2.24) is 0 Å². The lowest BCUT2D eigenvalue weighted by atomic mass is 10.0. The molecule has 2 aromatic rings. The van der Waals surface area contributed by atoms with E-state index in [1.807, 2.05) is 0 Å². The normalized spacial score (nSPS) is 11.3. The number of nitrogens with zero attached hydrogens (tertiary/aromatic N) is 1. The summed E-state index contributed by atoms with van der Waals surface area (Å²) in [7, 11) is 0. The molecule has 0 heterocycles. The quantitative estimate of drug-likeness (QED) is 0.494. The summed E-state index contributed by atoms with van der Waals surface area (Å²) in [5.74, 6) is -3.82. The fourth-order valence-corrected chi connectivity index (χ4v) is 1.83. The van der Waals surface area contributed by atoms with Gasteiger partial charge in [-0.2, -0.15) is 13.2 Å². The van der Waals surface area contributed by atoms with Crippen molar-refractivity contribution in [3.05, 3.63) is 64.8 Å². The predicted octanol–water partition coefficient (Wildman–Crippen LogP) is 5.34. The van der Waals surface area contributed by atoms with E-state index in [4.69, 9.17) is 6.57 Å². The van der Waals surface area contributed by atoms with Crippen LogP contribution in [0.3, 0.4) is 0 Å². The van der Waals surface area contributed by atoms with Gasteiger partial charge in [0.15, 0.2) is 5.69 Å². The number of rotatable bonds is 1. The second-order valence-electron chi connectivity index (χ2n) is 4.09. The third kappa shape index (κ3) is 2.84. The first-order chi connectivity index (χ1) is 9.74. The van der Waals surface area contributed by atoms with Gasteiger partial charge in [-0.15, -0.1) is 0 Å². The minimum atomic E-state index is -4.84. The maximum atomic E-state index is 13.6. The molecule has 0 radical (unpaired) electrons. The molecule has 0 fully saturated rings. The molecule has 108 valence electrons. The number of hydrogen-bond acceptors (Lipinski definition) is 0. The highest BCUT2D eigenvalue weighted by Crippen LogP contribution is 2.39. The number of halogens is 6. The first-order valence-corrected chi connectivity index (χ1v) is 5.47. The zero-order valence-electron chi connectivity index (χ0n) is 10.1. The number of alkyl halides is 3. The third-order valence-electron chi connectivity index (χ3n) is 2.72. The van der Waals surface area contributed by atoms with Crippen molar-refractivity contribution in [3.63, 3.8) is 0 Å². The maximum Gasteiger partial charge on any atom is 0.407 e. The van der Waals surface area contributed by atoms with Gasteiger partial charge in [0.05, 0.1) is 17.7 Å². The summed E-state index contributed by atoms with van der Waals surface area (Å²) in [5, 5.41) is 0. The molecule has 0 saturated heterocycles. The second-order valence-corrected chi connectivity index (χ2v) is 4.09. The van der Waals surface area contributed by atoms with E-state index in [-0.39, 0.29) is 0 Å². The van der Waals surface area contributed by atoms with Crippen LogP contribution in [-0.4, -0.2) is 0 Å². The molecule has 1 nitrogen and oxygen atoms in total. The van der Waals surface area contributed by atoms with Crippen molar-refractivity contribution >= 4 is 5.69 Å². The van der Waals surface area contributed by atoms with E-state index in [2.05, 4.69) is 4.85 Å². The molecule has 0 bridgehead atoms. The zero-order valence-corrected chi connectivity index (χ0v) is 10.1. The average Bonchev–Trinajstić information content (AvgIpc) is 2.36. The van der Waals surface area contributed by atoms with Gasteiger partial charge in [0.25, 0.3) is 0 Å². The van der Waals surface area contributed by atoms with Crippen molar-refractivity contribution < 1.29 is 26.3 Å². The summed E-state index contributed by atoms with van der Waals surface area (Å²) in [6.07, 6.45) is -4.84. The molecule has 0 aromatic heterocycles. The van der Waals surface area contributed by atoms with E-state index in [1.54, 1.807) is 0 Å². The van der Waals surface area contributed by atoms with Crippen LogP contribution >= 0.6 is 0 Å². The summed E-state index contributed by atoms with van der Waals surface area (Å²) in [4.78, 5) is 2.71. The van der Waals surface area contributed by atoms with Gasteiger partial charge in [-0.25, -0.2) is 18.0 Å². The van der Waals surface area contributed by atoms with E-state index in [0.29, 0.717) is 18.2 Å². The standard InChI is InChI=1S/C14H5F6N/c1-21-12-3-2-7(4-9(12)14(18,19)20)13-10(16)5-8(15)6-11(13)17/h2-6H. The molecule has 0 aliphatic carbocycles. The van der Waals surface area contributed by atoms with E-state index in [9.17, 15) is 26.3 Å². The van der Waals surface area contributed by atoms with Crippen LogP contribution in [-0.2, 0) is 6.18 Å². The van der Waals surface area contributed by atoms with Crippen LogP contribution in [0.5, 0.6) is 0 Å². The maximum absolute atomic E-state index is 13.6. The SMILES string of the molecule is [C-]#[N+]c1ccc(-c2c(F)cc(F)cc2F)cc1C(F)(F)F. The lowest BCUT2D eigenvalue weighted by molar-refractivity contribution is -0.136. The van der Waals surface area contributed by atoms with Crippen molar-refractivity contribution in [2.75, 3.05) is 0 Å². The molecule has 0 amide bonds. The Labute approximate surface area is 115 Å². The molecule has 21 heavy (non-hydrogen) atoms. The van der Waals surface area contributed by atoms with Gasteiger partial charge in [0, 0.05) is 12.1 Å². The molecule has 0 saturated carbocycles. The number of benzene rings is 2. The Hall–Kier alpha value is -2.49. The predicted molar refractivity (Wildman–Crippen MR) is 63.0 cm³/mol. The summed E-state index contributed by atoms with van der Waals surface area (Å²) >= 11 is 0. The van der Waals surface area contributed by atoms with Crippen LogP contribution in [0.25, 0.3) is 16.0 Å². The highest BCUT2D eigenvalue weighted by molar-refractivity contribution is 5.70. The van der Waals surface area contributed by atoms with Gasteiger partial charge >= 0.3 is 6.18 Å². The smallest absolute Gasteiger partial charge is 0.238 e. The summed E-state index contributed by atoms with van der Waals surface area (Å²) < 4.78 is 78.4. The minimum absolute atomic E-state index is 0.369. The van der Waals surface area contributed by atoms with E-state index >= 15 is 0 Å². The Morgan fingerprint density at radius 2 is 1.48 bits per heavy atom. The highest BCUT2D eigenvalue weighted by atomic mass is 19.4. The Morgan fingerprint density at radius 1 is 0.905 bits per heavy atom. The van der Waals surface area contributed by atoms with Gasteiger partial charge in [-0.1, -0.05) is 18.2 Å². The monoisotopic (exact) mass is 301 g/mol. The molecule has 7 heteroatoms. The van der Waals surface area contributed by atoms with Crippen LogP contribution < -0.4 is 0 Å². The first kappa shape index (κ1) is 14.9. The van der Waals surface area contributed by atoms with Crippen molar-refractivity contribution in [1.29, 1.82) is 0 Å². The largest absolute Gasteiger partial charge is 0.407 e. The molecule has 0 atom stereocenters. The fraction of sp³-hybridized carbons (Fsp3) is 0.0714. The van der Waals surface area contributed by atoms with E-state index < -0.39 is 46.0 Å². The Bertz CT molecular complexity index is 719. The van der Waals surface area contributed by atoms with Crippen LogP contribution in [0.2, 0.25) is 0 Å². The van der Waals surface area contributed by atoms with E-state index in [1.165, 1.54) is 0 Å². The van der Waals surface area contributed by atoms with Crippen molar-refractivity contribution in [2.24, 2.45) is 0 Å². The third-order valence-corrected chi connectivity index (χ3v) is 2.72. The molecule has 0 aliphatic heterocycles. The first-order valence-electron chi connectivity index (χ1n) is 5.47. The van der Waals surface area contributed by atoms with Crippen LogP contribution in [0.15, 0.2) is 30.3 Å². The topological polar surface area (TPSA) is 4.36 Å². The summed E-state index contributed by atoms with van der Waals surface area (Å²) in [5.41, 5.74) is -3.20. The van der Waals surface area contributed by atoms with Gasteiger partial charge in [0.2, 0.25) is 0 Å². The van der Waals surface area contributed by atoms with Gasteiger partial charge in [-0.05, 0) is 5.56 Å². The molecule has 0 N–H and O–H groups in total. The second kappa shape index (κ2) is 5.13. The highest BCUT2D eigenvalue weighted by Gasteiger charge is 2.34. The van der Waals surface area contributed by atoms with Crippen molar-refractivity contribution in [3.8, 4) is 11.1 Å². The Kier molecular flexibility index (Phi) is 3.64. The molecular weight excluding hydrogens is 296 g/mol. The van der Waals surface area contributed by atoms with E-state index in [0.717, 1.165) is 12.1 Å². The average molecular weight is 301 g/mol. The lowest BCUT2D eigenvalue weighted by Crippen LogP contribution is -2.05. The van der Waals surface area contributed by atoms with Crippen LogP contribution in [0, 0.1) is 24.0 Å². The van der Waals surface area contributed by atoms with Crippen molar-refractivity contribution in [2.45, 2.75) is 6.18 Å². The summed E-state index contributed by atoms with van der Waals surface area (Å²) in [6, 6.07) is 2.99. The Morgan fingerprint density at radius 3 is 1.95 bits per heavy atom. The molecule has 0 unspecified atom stereocenters. The minimum Gasteiger partial charge on any atom is -0.238 e. The molecule has 2 rings (SSSR count). The molecule has 2 aromatic carbocycles. The molecule has 0 aliphatic rings. The van der Waals surface area contributed by atoms with Gasteiger partial charge < -0.3 is 0 Å². The van der Waals surface area contributed by atoms with Crippen LogP contribution in [0.4, 0.5) is 32.0 Å². The van der Waals surface area contributed by atoms with Gasteiger partial charge in [0.1, 0.15) is 17.5 Å². The lowest BCUT2D eigenvalue weighted by Gasteiger charge is -2.12. The fourth-order valence-electron chi connectivity index (χ4n) is 1.83. The Balaban J connectivity index is 2.71. The summed E-state index contributed by atoms with van der Waals surface area (Å²) in [6.45, 7) is 6.68. The number of hydrogen-bond donors (Lipinski definition) is 0. The van der Waals surface area contributed by atoms with Crippen LogP contribution in [0.1, 0.15) is 5.56 Å². The molecular formula is C14H5F6N. The van der Waals surface area contributed by atoms with Gasteiger partial charge in [-0.3, -0.25) is 0 Å². The zero-order chi connectivity index (χ0) is 15.8. The molecule has 0 spiro atoms.